The van der Waals surface area contributed by atoms with Crippen LogP contribution in [-0.4, -0.2) is 23.1 Å². The fourth-order valence-electron chi connectivity index (χ4n) is 2.77. The quantitative estimate of drug-likeness (QED) is 0.875. The van der Waals surface area contributed by atoms with Crippen LogP contribution in [0.5, 0.6) is 5.88 Å². The first kappa shape index (κ1) is 12.1. The molecule has 4 nitrogen and oxygen atoms in total. The summed E-state index contributed by atoms with van der Waals surface area (Å²) in [5.74, 6) is 2.85. The Bertz CT molecular complexity index is 359. The molecule has 1 aromatic heterocycles. The lowest BCUT2D eigenvalue weighted by Crippen LogP contribution is -2.30. The minimum Gasteiger partial charge on any atom is -0.481 e. The molecule has 1 N–H and O–H groups in total. The molecule has 0 aromatic carbocycles. The van der Waals surface area contributed by atoms with E-state index >= 15 is 0 Å². The van der Waals surface area contributed by atoms with Gasteiger partial charge in [0.2, 0.25) is 11.8 Å². The number of aromatic nitrogens is 2. The number of hydrogen-bond acceptors (Lipinski definition) is 4. The van der Waals surface area contributed by atoms with Crippen LogP contribution in [0.1, 0.15) is 33.1 Å². The Hall–Kier alpha value is -1.32. The fraction of sp³-hybridized carbons (Fsp3) is 0.692. The van der Waals surface area contributed by atoms with E-state index < -0.39 is 0 Å². The Morgan fingerprint density at radius 3 is 2.59 bits per heavy atom. The van der Waals surface area contributed by atoms with Gasteiger partial charge in [-0.2, -0.15) is 4.98 Å². The SMILES string of the molecule is COc1ccnc(NC2CC(C)CC(C)C2)n1. The summed E-state index contributed by atoms with van der Waals surface area (Å²) in [6.45, 7) is 4.63. The highest BCUT2D eigenvalue weighted by molar-refractivity contribution is 5.29. The minimum absolute atomic E-state index is 0.487. The molecular formula is C13H21N3O. The first-order valence-electron chi connectivity index (χ1n) is 6.31. The molecule has 4 heteroatoms. The average Bonchev–Trinajstić information content (AvgIpc) is 2.28. The highest BCUT2D eigenvalue weighted by Gasteiger charge is 2.24. The molecule has 2 rings (SSSR count). The van der Waals surface area contributed by atoms with Crippen molar-refractivity contribution in [3.63, 3.8) is 0 Å². The molecule has 1 aliphatic rings. The van der Waals surface area contributed by atoms with E-state index in [4.69, 9.17) is 4.74 Å². The summed E-state index contributed by atoms with van der Waals surface area (Å²) in [6, 6.07) is 2.25. The number of methoxy groups -OCH3 is 1. The van der Waals surface area contributed by atoms with E-state index in [9.17, 15) is 0 Å². The molecule has 1 saturated carbocycles. The van der Waals surface area contributed by atoms with E-state index in [-0.39, 0.29) is 0 Å². The van der Waals surface area contributed by atoms with Gasteiger partial charge in [-0.25, -0.2) is 4.98 Å². The first-order valence-corrected chi connectivity index (χ1v) is 6.31. The molecule has 0 bridgehead atoms. The maximum Gasteiger partial charge on any atom is 0.226 e. The molecule has 17 heavy (non-hydrogen) atoms. The van der Waals surface area contributed by atoms with Gasteiger partial charge in [0, 0.05) is 18.3 Å². The van der Waals surface area contributed by atoms with Crippen LogP contribution in [0.2, 0.25) is 0 Å². The molecule has 94 valence electrons. The predicted molar refractivity (Wildman–Crippen MR) is 68.2 cm³/mol. The van der Waals surface area contributed by atoms with Crippen LogP contribution >= 0.6 is 0 Å². The van der Waals surface area contributed by atoms with Gasteiger partial charge in [0.15, 0.2) is 0 Å². The Labute approximate surface area is 103 Å². The molecular weight excluding hydrogens is 214 g/mol. The molecule has 2 atom stereocenters. The molecule has 0 amide bonds. The van der Waals surface area contributed by atoms with Crippen molar-refractivity contribution in [1.82, 2.24) is 9.97 Å². The maximum atomic E-state index is 5.10. The number of nitrogens with zero attached hydrogens (tertiary/aromatic N) is 2. The maximum absolute atomic E-state index is 5.10. The standard InChI is InChI=1S/C13H21N3O/c1-9-6-10(2)8-11(7-9)15-13-14-5-4-12(16-13)17-3/h4-5,9-11H,6-8H2,1-3H3,(H,14,15,16). The second kappa shape index (κ2) is 5.34. The zero-order chi connectivity index (χ0) is 12.3. The Balaban J connectivity index is 1.99. The summed E-state index contributed by atoms with van der Waals surface area (Å²) in [5, 5.41) is 3.41. The van der Waals surface area contributed by atoms with Gasteiger partial charge >= 0.3 is 0 Å². The Morgan fingerprint density at radius 1 is 1.24 bits per heavy atom. The normalized spacial score (nSPS) is 28.8. The van der Waals surface area contributed by atoms with E-state index in [1.54, 1.807) is 19.4 Å². The van der Waals surface area contributed by atoms with Gasteiger partial charge in [0.1, 0.15) is 0 Å². The third kappa shape index (κ3) is 3.32. The smallest absolute Gasteiger partial charge is 0.226 e. The van der Waals surface area contributed by atoms with Crippen molar-refractivity contribution in [1.29, 1.82) is 0 Å². The van der Waals surface area contributed by atoms with Crippen LogP contribution in [0.15, 0.2) is 12.3 Å². The van der Waals surface area contributed by atoms with Crippen molar-refractivity contribution in [3.8, 4) is 5.88 Å². The van der Waals surface area contributed by atoms with Crippen molar-refractivity contribution in [2.45, 2.75) is 39.2 Å². The van der Waals surface area contributed by atoms with E-state index in [2.05, 4.69) is 29.1 Å². The van der Waals surface area contributed by atoms with Crippen LogP contribution in [-0.2, 0) is 0 Å². The van der Waals surface area contributed by atoms with Crippen molar-refractivity contribution < 1.29 is 4.74 Å². The fourth-order valence-corrected chi connectivity index (χ4v) is 2.77. The summed E-state index contributed by atoms with van der Waals surface area (Å²) in [5.41, 5.74) is 0. The van der Waals surface area contributed by atoms with Crippen LogP contribution in [0, 0.1) is 11.8 Å². The third-order valence-corrected chi connectivity index (χ3v) is 3.35. The van der Waals surface area contributed by atoms with E-state index in [1.807, 2.05) is 0 Å². The van der Waals surface area contributed by atoms with E-state index in [1.165, 1.54) is 19.3 Å². The van der Waals surface area contributed by atoms with E-state index in [0.29, 0.717) is 17.9 Å². The lowest BCUT2D eigenvalue weighted by molar-refractivity contribution is 0.280. The number of rotatable bonds is 3. The van der Waals surface area contributed by atoms with Gasteiger partial charge in [-0.1, -0.05) is 13.8 Å². The second-order valence-electron chi connectivity index (χ2n) is 5.18. The Kier molecular flexibility index (Phi) is 3.82. The highest BCUT2D eigenvalue weighted by Crippen LogP contribution is 2.29. The number of anilines is 1. The summed E-state index contributed by atoms with van der Waals surface area (Å²) >= 11 is 0. The summed E-state index contributed by atoms with van der Waals surface area (Å²) < 4.78 is 5.10. The van der Waals surface area contributed by atoms with Gasteiger partial charge in [-0.15, -0.1) is 0 Å². The van der Waals surface area contributed by atoms with Crippen molar-refractivity contribution in [2.24, 2.45) is 11.8 Å². The van der Waals surface area contributed by atoms with Gasteiger partial charge in [-0.3, -0.25) is 0 Å². The summed E-state index contributed by atoms with van der Waals surface area (Å²) in [7, 11) is 1.62. The zero-order valence-corrected chi connectivity index (χ0v) is 10.8. The molecule has 0 radical (unpaired) electrons. The summed E-state index contributed by atoms with van der Waals surface area (Å²) in [6.07, 6.45) is 5.46. The van der Waals surface area contributed by atoms with Crippen molar-refractivity contribution in [2.75, 3.05) is 12.4 Å². The second-order valence-corrected chi connectivity index (χ2v) is 5.18. The molecule has 1 fully saturated rings. The van der Waals surface area contributed by atoms with Crippen LogP contribution in [0.25, 0.3) is 0 Å². The van der Waals surface area contributed by atoms with Gasteiger partial charge in [-0.05, 0) is 31.1 Å². The lowest BCUT2D eigenvalue weighted by atomic mass is 9.80. The van der Waals surface area contributed by atoms with E-state index in [0.717, 1.165) is 11.8 Å². The van der Waals surface area contributed by atoms with Gasteiger partial charge in [0.25, 0.3) is 0 Å². The first-order chi connectivity index (χ1) is 8.17. The van der Waals surface area contributed by atoms with Crippen molar-refractivity contribution >= 4 is 5.95 Å². The van der Waals surface area contributed by atoms with Gasteiger partial charge < -0.3 is 10.1 Å². The molecule has 0 saturated heterocycles. The molecule has 1 heterocycles. The largest absolute Gasteiger partial charge is 0.481 e. The number of hydrogen-bond donors (Lipinski definition) is 1. The number of nitrogens with one attached hydrogen (secondary N) is 1. The van der Waals surface area contributed by atoms with Crippen LogP contribution in [0.4, 0.5) is 5.95 Å². The molecule has 0 aliphatic heterocycles. The van der Waals surface area contributed by atoms with Crippen LogP contribution < -0.4 is 10.1 Å². The predicted octanol–water partition coefficient (Wildman–Crippen LogP) is 2.72. The zero-order valence-electron chi connectivity index (χ0n) is 10.8. The van der Waals surface area contributed by atoms with Crippen molar-refractivity contribution in [3.05, 3.63) is 12.3 Å². The average molecular weight is 235 g/mol. The topological polar surface area (TPSA) is 47.0 Å². The number of ether oxygens (including phenoxy) is 1. The molecule has 1 aromatic rings. The molecule has 2 unspecified atom stereocenters. The third-order valence-electron chi connectivity index (χ3n) is 3.35. The molecule has 1 aliphatic carbocycles. The monoisotopic (exact) mass is 235 g/mol. The Morgan fingerprint density at radius 2 is 1.94 bits per heavy atom. The lowest BCUT2D eigenvalue weighted by Gasteiger charge is -2.31. The van der Waals surface area contributed by atoms with Gasteiger partial charge in [0.05, 0.1) is 7.11 Å². The molecule has 0 spiro atoms. The van der Waals surface area contributed by atoms with Crippen LogP contribution in [0.3, 0.4) is 0 Å². The minimum atomic E-state index is 0.487. The highest BCUT2D eigenvalue weighted by atomic mass is 16.5. The summed E-state index contributed by atoms with van der Waals surface area (Å²) in [4.78, 5) is 8.52.